The summed E-state index contributed by atoms with van der Waals surface area (Å²) in [5, 5.41) is 3.72. The number of aryl methyl sites for hydroxylation is 3. The number of ether oxygens (including phenoxy) is 1. The molecule has 7 heteroatoms. The molecule has 1 amide bonds. The first-order valence-electron chi connectivity index (χ1n) is 7.86. The summed E-state index contributed by atoms with van der Waals surface area (Å²) in [6, 6.07) is 8.37. The van der Waals surface area contributed by atoms with Gasteiger partial charge in [0.2, 0.25) is 0 Å². The highest BCUT2D eigenvalue weighted by Crippen LogP contribution is 2.28. The smallest absolute Gasteiger partial charge is 0.416 e. The van der Waals surface area contributed by atoms with Crippen LogP contribution in [-0.4, -0.2) is 18.7 Å². The van der Waals surface area contributed by atoms with Gasteiger partial charge in [-0.2, -0.15) is 18.3 Å². The number of nitrogens with zero attached hydrogens (tertiary/aromatic N) is 1. The van der Waals surface area contributed by atoms with Gasteiger partial charge in [-0.1, -0.05) is 29.8 Å². The van der Waals surface area contributed by atoms with Crippen molar-refractivity contribution < 1.29 is 22.7 Å². The summed E-state index contributed by atoms with van der Waals surface area (Å²) in [6.45, 7) is 5.56. The molecule has 0 saturated carbocycles. The van der Waals surface area contributed by atoms with E-state index < -0.39 is 17.6 Å². The van der Waals surface area contributed by atoms with Crippen molar-refractivity contribution in [1.29, 1.82) is 0 Å². The van der Waals surface area contributed by atoms with Crippen LogP contribution in [0.5, 0.6) is 5.75 Å². The van der Waals surface area contributed by atoms with E-state index in [2.05, 4.69) is 10.5 Å². The molecule has 4 nitrogen and oxygen atoms in total. The van der Waals surface area contributed by atoms with E-state index in [1.807, 2.05) is 32.9 Å². The zero-order valence-corrected chi connectivity index (χ0v) is 14.6. The Morgan fingerprint density at radius 3 is 2.23 bits per heavy atom. The Morgan fingerprint density at radius 1 is 1.12 bits per heavy atom. The van der Waals surface area contributed by atoms with Crippen molar-refractivity contribution in [1.82, 2.24) is 5.43 Å². The number of hydrazone groups is 1. The third-order valence-electron chi connectivity index (χ3n) is 3.59. The first-order chi connectivity index (χ1) is 12.2. The highest BCUT2D eigenvalue weighted by atomic mass is 19.4. The number of alkyl halides is 3. The van der Waals surface area contributed by atoms with Gasteiger partial charge in [0, 0.05) is 0 Å². The standard InChI is InChI=1S/C19H19F3N2O2/c1-12-8-13(2)18(14(3)9-12)26-11-17(25)24-23-10-15-4-6-16(7-5-15)19(20,21)22/h4-10H,11H2,1-3H3,(H,24,25)/b23-10+. The van der Waals surface area contributed by atoms with Crippen LogP contribution in [0, 0.1) is 20.8 Å². The van der Waals surface area contributed by atoms with Crippen molar-refractivity contribution in [3.8, 4) is 5.75 Å². The molecule has 0 bridgehead atoms. The molecular formula is C19H19F3N2O2. The summed E-state index contributed by atoms with van der Waals surface area (Å²) in [5.41, 5.74) is 4.95. The van der Waals surface area contributed by atoms with Gasteiger partial charge in [-0.3, -0.25) is 4.79 Å². The molecule has 0 aliphatic rings. The maximum absolute atomic E-state index is 12.5. The Kier molecular flexibility index (Phi) is 6.02. The van der Waals surface area contributed by atoms with Gasteiger partial charge in [0.25, 0.3) is 5.91 Å². The number of hydrogen-bond donors (Lipinski definition) is 1. The van der Waals surface area contributed by atoms with Crippen molar-refractivity contribution in [2.45, 2.75) is 26.9 Å². The van der Waals surface area contributed by atoms with Crippen molar-refractivity contribution in [2.75, 3.05) is 6.61 Å². The number of nitrogens with one attached hydrogen (secondary N) is 1. The maximum Gasteiger partial charge on any atom is 0.416 e. The summed E-state index contributed by atoms with van der Waals surface area (Å²) >= 11 is 0. The van der Waals surface area contributed by atoms with Crippen LogP contribution >= 0.6 is 0 Å². The molecule has 26 heavy (non-hydrogen) atoms. The fourth-order valence-electron chi connectivity index (χ4n) is 2.50. The topological polar surface area (TPSA) is 50.7 Å². The maximum atomic E-state index is 12.5. The van der Waals surface area contributed by atoms with Crippen LogP contribution in [0.2, 0.25) is 0 Å². The van der Waals surface area contributed by atoms with E-state index >= 15 is 0 Å². The number of benzene rings is 2. The number of amides is 1. The van der Waals surface area contributed by atoms with Gasteiger partial charge >= 0.3 is 6.18 Å². The van der Waals surface area contributed by atoms with Gasteiger partial charge in [-0.05, 0) is 49.6 Å². The summed E-state index contributed by atoms with van der Waals surface area (Å²) in [5.74, 6) is 0.185. The summed E-state index contributed by atoms with van der Waals surface area (Å²) in [4.78, 5) is 11.8. The fourth-order valence-corrected chi connectivity index (χ4v) is 2.50. The Balaban J connectivity index is 1.88. The Morgan fingerprint density at radius 2 is 1.69 bits per heavy atom. The van der Waals surface area contributed by atoms with E-state index in [0.29, 0.717) is 11.3 Å². The summed E-state index contributed by atoms with van der Waals surface area (Å²) < 4.78 is 43.0. The second kappa shape index (κ2) is 8.03. The molecule has 2 rings (SSSR count). The zero-order valence-electron chi connectivity index (χ0n) is 14.6. The van der Waals surface area contributed by atoms with Gasteiger partial charge in [0.15, 0.2) is 6.61 Å². The van der Waals surface area contributed by atoms with Crippen molar-refractivity contribution in [2.24, 2.45) is 5.10 Å². The highest BCUT2D eigenvalue weighted by molar-refractivity contribution is 5.83. The quantitative estimate of drug-likeness (QED) is 0.640. The minimum atomic E-state index is -4.38. The van der Waals surface area contributed by atoms with Crippen molar-refractivity contribution >= 4 is 12.1 Å². The van der Waals surface area contributed by atoms with E-state index in [-0.39, 0.29) is 6.61 Å². The second-order valence-electron chi connectivity index (χ2n) is 5.93. The van der Waals surface area contributed by atoms with E-state index in [9.17, 15) is 18.0 Å². The number of rotatable bonds is 5. The number of hydrogen-bond acceptors (Lipinski definition) is 3. The largest absolute Gasteiger partial charge is 0.483 e. The molecule has 0 radical (unpaired) electrons. The highest BCUT2D eigenvalue weighted by Gasteiger charge is 2.29. The lowest BCUT2D eigenvalue weighted by Crippen LogP contribution is -2.25. The summed E-state index contributed by atoms with van der Waals surface area (Å²) in [7, 11) is 0. The Hall–Kier alpha value is -2.83. The first kappa shape index (κ1) is 19.5. The minimum Gasteiger partial charge on any atom is -0.483 e. The van der Waals surface area contributed by atoms with Crippen LogP contribution in [0.15, 0.2) is 41.5 Å². The predicted octanol–water partition coefficient (Wildman–Crippen LogP) is 4.16. The molecular weight excluding hydrogens is 345 g/mol. The van der Waals surface area contributed by atoms with Crippen molar-refractivity contribution in [3.05, 3.63) is 64.2 Å². The fraction of sp³-hybridized carbons (Fsp3) is 0.263. The molecule has 0 spiro atoms. The van der Waals surface area contributed by atoms with Crippen LogP contribution in [0.25, 0.3) is 0 Å². The van der Waals surface area contributed by atoms with Crippen molar-refractivity contribution in [3.63, 3.8) is 0 Å². The molecule has 0 aromatic heterocycles. The molecule has 0 heterocycles. The molecule has 0 aliphatic heterocycles. The summed E-state index contributed by atoms with van der Waals surface area (Å²) in [6.07, 6.45) is -3.12. The molecule has 0 unspecified atom stereocenters. The second-order valence-corrected chi connectivity index (χ2v) is 5.93. The Bertz CT molecular complexity index is 790. The van der Waals surface area contributed by atoms with E-state index in [1.54, 1.807) is 0 Å². The van der Waals surface area contributed by atoms with Crippen LogP contribution in [0.1, 0.15) is 27.8 Å². The predicted molar refractivity (Wildman–Crippen MR) is 93.3 cm³/mol. The Labute approximate surface area is 149 Å². The lowest BCUT2D eigenvalue weighted by atomic mass is 10.1. The van der Waals surface area contributed by atoms with Crippen LogP contribution in [0.4, 0.5) is 13.2 Å². The number of halogens is 3. The average molecular weight is 364 g/mol. The van der Waals surface area contributed by atoms with Gasteiger partial charge in [-0.15, -0.1) is 0 Å². The SMILES string of the molecule is Cc1cc(C)c(OCC(=O)N/N=C/c2ccc(C(F)(F)F)cc2)c(C)c1. The molecule has 0 atom stereocenters. The molecule has 0 fully saturated rings. The van der Waals surface area contributed by atoms with Gasteiger partial charge in [0.05, 0.1) is 11.8 Å². The first-order valence-corrected chi connectivity index (χ1v) is 7.86. The molecule has 138 valence electrons. The zero-order chi connectivity index (χ0) is 19.3. The molecule has 2 aromatic carbocycles. The molecule has 2 aromatic rings. The number of carbonyl (C=O) groups excluding carboxylic acids is 1. The van der Waals surface area contributed by atoms with E-state index in [0.717, 1.165) is 28.8 Å². The monoisotopic (exact) mass is 364 g/mol. The van der Waals surface area contributed by atoms with Crippen LogP contribution in [0.3, 0.4) is 0 Å². The molecule has 0 saturated heterocycles. The van der Waals surface area contributed by atoms with E-state index in [1.165, 1.54) is 18.3 Å². The third-order valence-corrected chi connectivity index (χ3v) is 3.59. The third kappa shape index (κ3) is 5.34. The normalized spacial score (nSPS) is 11.6. The molecule has 1 N–H and O–H groups in total. The van der Waals surface area contributed by atoms with Crippen LogP contribution < -0.4 is 10.2 Å². The lowest BCUT2D eigenvalue weighted by Gasteiger charge is -2.12. The van der Waals surface area contributed by atoms with E-state index in [4.69, 9.17) is 4.74 Å². The average Bonchev–Trinajstić information content (AvgIpc) is 2.53. The van der Waals surface area contributed by atoms with Crippen LogP contribution in [-0.2, 0) is 11.0 Å². The molecule has 0 aliphatic carbocycles. The van der Waals surface area contributed by atoms with Gasteiger partial charge < -0.3 is 4.74 Å². The lowest BCUT2D eigenvalue weighted by molar-refractivity contribution is -0.137. The number of carbonyl (C=O) groups is 1. The van der Waals surface area contributed by atoms with Gasteiger partial charge in [0.1, 0.15) is 5.75 Å². The minimum absolute atomic E-state index is 0.213. The van der Waals surface area contributed by atoms with Gasteiger partial charge in [-0.25, -0.2) is 5.43 Å².